The summed E-state index contributed by atoms with van der Waals surface area (Å²) in [6, 6.07) is 20.6. The Morgan fingerprint density at radius 3 is 2.60 bits per heavy atom. The predicted octanol–water partition coefficient (Wildman–Crippen LogP) is 4.37. The van der Waals surface area contributed by atoms with Crippen LogP contribution < -0.4 is 9.04 Å². The van der Waals surface area contributed by atoms with Crippen molar-refractivity contribution in [2.75, 3.05) is 25.0 Å². The molecule has 0 saturated carbocycles. The summed E-state index contributed by atoms with van der Waals surface area (Å²) < 4.78 is 33.0. The number of nitrogens with one attached hydrogen (secondary N) is 1. The minimum absolute atomic E-state index is 0.0566. The molecule has 9 heteroatoms. The van der Waals surface area contributed by atoms with Crippen molar-refractivity contribution in [1.82, 2.24) is 14.9 Å². The van der Waals surface area contributed by atoms with E-state index in [2.05, 4.69) is 9.97 Å². The second-order valence-electron chi connectivity index (χ2n) is 8.49. The number of fused-ring (bicyclic) bond motifs is 1. The molecule has 1 aromatic heterocycles. The number of benzene rings is 3. The number of aromatic amines is 1. The number of likely N-dealkylation sites (tertiary alicyclic amines) is 1. The van der Waals surface area contributed by atoms with Gasteiger partial charge in [-0.25, -0.2) is 13.4 Å². The molecule has 1 aliphatic heterocycles. The molecule has 2 heterocycles. The summed E-state index contributed by atoms with van der Waals surface area (Å²) in [4.78, 5) is 23.3. The Hall–Kier alpha value is -3.85. The molecule has 0 spiro atoms. The third kappa shape index (κ3) is 4.23. The molecule has 0 unspecified atom stereocenters. The molecule has 1 N–H and O–H groups in total. The highest BCUT2D eigenvalue weighted by Gasteiger charge is 2.33. The molecule has 1 saturated heterocycles. The van der Waals surface area contributed by atoms with E-state index in [0.29, 0.717) is 23.5 Å². The van der Waals surface area contributed by atoms with Crippen molar-refractivity contribution in [1.29, 1.82) is 0 Å². The zero-order chi connectivity index (χ0) is 24.6. The van der Waals surface area contributed by atoms with Gasteiger partial charge >= 0.3 is 0 Å². The number of imidazole rings is 1. The number of anilines is 1. The van der Waals surface area contributed by atoms with Gasteiger partial charge in [0.1, 0.15) is 11.6 Å². The lowest BCUT2D eigenvalue weighted by Crippen LogP contribution is -2.31. The van der Waals surface area contributed by atoms with Gasteiger partial charge in [0.25, 0.3) is 15.9 Å². The van der Waals surface area contributed by atoms with Gasteiger partial charge in [-0.1, -0.05) is 18.2 Å². The fraction of sp³-hybridized carbons (Fsp3) is 0.231. The van der Waals surface area contributed by atoms with Gasteiger partial charge in [-0.3, -0.25) is 9.10 Å². The van der Waals surface area contributed by atoms with Gasteiger partial charge in [0.2, 0.25) is 0 Å². The van der Waals surface area contributed by atoms with Gasteiger partial charge in [-0.05, 0) is 67.4 Å². The fourth-order valence-corrected chi connectivity index (χ4v) is 5.71. The summed E-state index contributed by atoms with van der Waals surface area (Å²) in [5.74, 6) is 1.17. The molecule has 1 fully saturated rings. The summed E-state index contributed by atoms with van der Waals surface area (Å²) in [6.45, 7) is 0.587. The van der Waals surface area contributed by atoms with E-state index in [0.717, 1.165) is 29.7 Å². The van der Waals surface area contributed by atoms with Crippen LogP contribution in [0.1, 0.15) is 35.1 Å². The maximum atomic E-state index is 13.5. The van der Waals surface area contributed by atoms with Crippen LogP contribution in [0.4, 0.5) is 5.69 Å². The molecular weight excluding hydrogens is 464 g/mol. The Labute approximate surface area is 204 Å². The normalized spacial score (nSPS) is 15.9. The topological polar surface area (TPSA) is 95.6 Å². The molecule has 1 atom stereocenters. The Balaban J connectivity index is 1.41. The standard InChI is InChI=1S/C26H26N4O4S/c1-29(19-12-14-20(34-2)15-13-19)35(32,33)21-8-5-7-18(17-21)26(31)30-16-6-11-24(30)25-27-22-9-3-4-10-23(22)28-25/h3-5,7-10,12-15,17,24H,6,11,16H2,1-2H3,(H,27,28)/t24-/m0/s1. The lowest BCUT2D eigenvalue weighted by Gasteiger charge is -2.24. The van der Waals surface area contributed by atoms with Crippen LogP contribution in [0.25, 0.3) is 11.0 Å². The second-order valence-corrected chi connectivity index (χ2v) is 10.5. The van der Waals surface area contributed by atoms with Gasteiger partial charge in [0.05, 0.1) is 34.8 Å². The monoisotopic (exact) mass is 490 g/mol. The van der Waals surface area contributed by atoms with Crippen LogP contribution in [-0.4, -0.2) is 49.9 Å². The second kappa shape index (κ2) is 9.07. The molecule has 0 bridgehead atoms. The zero-order valence-electron chi connectivity index (χ0n) is 19.5. The SMILES string of the molecule is COc1ccc(N(C)S(=O)(=O)c2cccc(C(=O)N3CCC[C@H]3c3nc4ccccc4[nH]3)c2)cc1. The number of carbonyl (C=O) groups excluding carboxylic acids is 1. The van der Waals surface area contributed by atoms with Crippen LogP contribution in [0.15, 0.2) is 77.7 Å². The minimum atomic E-state index is -3.87. The first-order valence-corrected chi connectivity index (χ1v) is 12.8. The molecule has 4 aromatic rings. The van der Waals surface area contributed by atoms with Crippen molar-refractivity contribution in [3.8, 4) is 5.75 Å². The quantitative estimate of drug-likeness (QED) is 0.433. The highest BCUT2D eigenvalue weighted by Crippen LogP contribution is 2.33. The molecule has 3 aromatic carbocycles. The van der Waals surface area contributed by atoms with E-state index in [9.17, 15) is 13.2 Å². The fourth-order valence-electron chi connectivity index (χ4n) is 4.47. The smallest absolute Gasteiger partial charge is 0.264 e. The molecule has 0 aliphatic carbocycles. The van der Waals surface area contributed by atoms with E-state index in [1.54, 1.807) is 48.4 Å². The Morgan fingerprint density at radius 2 is 1.86 bits per heavy atom. The Morgan fingerprint density at radius 1 is 1.09 bits per heavy atom. The van der Waals surface area contributed by atoms with Crippen molar-refractivity contribution in [3.05, 3.63) is 84.2 Å². The van der Waals surface area contributed by atoms with Gasteiger partial charge in [-0.15, -0.1) is 0 Å². The molecule has 180 valence electrons. The first kappa shape index (κ1) is 22.9. The number of para-hydroxylation sites is 2. The number of hydrogen-bond acceptors (Lipinski definition) is 5. The number of hydrogen-bond donors (Lipinski definition) is 1. The van der Waals surface area contributed by atoms with Gasteiger partial charge in [0, 0.05) is 19.2 Å². The summed E-state index contributed by atoms with van der Waals surface area (Å²) in [6.07, 6.45) is 1.65. The number of H-pyrrole nitrogens is 1. The number of sulfonamides is 1. The third-order valence-corrected chi connectivity index (χ3v) is 8.19. The molecule has 0 radical (unpaired) electrons. The predicted molar refractivity (Wildman–Crippen MR) is 134 cm³/mol. The van der Waals surface area contributed by atoms with Crippen molar-refractivity contribution in [3.63, 3.8) is 0 Å². The van der Waals surface area contributed by atoms with Crippen molar-refractivity contribution in [2.24, 2.45) is 0 Å². The first-order valence-electron chi connectivity index (χ1n) is 11.4. The number of carbonyl (C=O) groups is 1. The Kier molecular flexibility index (Phi) is 5.94. The summed E-state index contributed by atoms with van der Waals surface area (Å²) >= 11 is 0. The van der Waals surface area contributed by atoms with E-state index < -0.39 is 10.0 Å². The highest BCUT2D eigenvalue weighted by molar-refractivity contribution is 7.92. The van der Waals surface area contributed by atoms with E-state index in [4.69, 9.17) is 4.74 Å². The van der Waals surface area contributed by atoms with Gasteiger partial charge in [0.15, 0.2) is 0 Å². The number of aromatic nitrogens is 2. The van der Waals surface area contributed by atoms with Crippen molar-refractivity contribution >= 4 is 32.7 Å². The van der Waals surface area contributed by atoms with Crippen LogP contribution in [0.3, 0.4) is 0 Å². The number of ether oxygens (including phenoxy) is 1. The number of rotatable bonds is 6. The van der Waals surface area contributed by atoms with E-state index in [-0.39, 0.29) is 16.8 Å². The van der Waals surface area contributed by atoms with Crippen LogP contribution in [0.2, 0.25) is 0 Å². The lowest BCUT2D eigenvalue weighted by atomic mass is 10.1. The first-order chi connectivity index (χ1) is 16.9. The molecule has 1 amide bonds. The van der Waals surface area contributed by atoms with Gasteiger partial charge in [-0.2, -0.15) is 0 Å². The maximum absolute atomic E-state index is 13.5. The van der Waals surface area contributed by atoms with E-state index in [1.165, 1.54) is 23.5 Å². The number of amides is 1. The molecule has 5 rings (SSSR count). The molecular formula is C26H26N4O4S. The largest absolute Gasteiger partial charge is 0.497 e. The lowest BCUT2D eigenvalue weighted by molar-refractivity contribution is 0.0730. The van der Waals surface area contributed by atoms with Crippen molar-refractivity contribution in [2.45, 2.75) is 23.8 Å². The number of nitrogens with zero attached hydrogens (tertiary/aromatic N) is 3. The summed E-state index contributed by atoms with van der Waals surface area (Å²) in [5.41, 5.74) is 2.61. The molecule has 1 aliphatic rings. The van der Waals surface area contributed by atoms with Crippen LogP contribution in [-0.2, 0) is 10.0 Å². The van der Waals surface area contributed by atoms with E-state index >= 15 is 0 Å². The average molecular weight is 491 g/mol. The molecule has 35 heavy (non-hydrogen) atoms. The van der Waals surface area contributed by atoms with Gasteiger partial charge < -0.3 is 14.6 Å². The van der Waals surface area contributed by atoms with Crippen LogP contribution in [0.5, 0.6) is 5.75 Å². The maximum Gasteiger partial charge on any atom is 0.264 e. The van der Waals surface area contributed by atoms with Crippen LogP contribution >= 0.6 is 0 Å². The minimum Gasteiger partial charge on any atom is -0.497 e. The number of methoxy groups -OCH3 is 1. The third-order valence-electron chi connectivity index (χ3n) is 6.41. The van der Waals surface area contributed by atoms with Crippen LogP contribution in [0, 0.1) is 0 Å². The summed E-state index contributed by atoms with van der Waals surface area (Å²) in [5, 5.41) is 0. The zero-order valence-corrected chi connectivity index (χ0v) is 20.3. The average Bonchev–Trinajstić information content (AvgIpc) is 3.55. The Bertz CT molecular complexity index is 1450. The van der Waals surface area contributed by atoms with E-state index in [1.807, 2.05) is 24.3 Å². The van der Waals surface area contributed by atoms with Crippen molar-refractivity contribution < 1.29 is 17.9 Å². The highest BCUT2D eigenvalue weighted by atomic mass is 32.2. The summed E-state index contributed by atoms with van der Waals surface area (Å²) in [7, 11) is -0.828. The molecule has 8 nitrogen and oxygen atoms in total.